The number of rotatable bonds is 6. The second kappa shape index (κ2) is 7.36. The van der Waals surface area contributed by atoms with Crippen molar-refractivity contribution < 1.29 is 0 Å². The van der Waals surface area contributed by atoms with Gasteiger partial charge in [0.25, 0.3) is 0 Å². The molecule has 108 valence electrons. The van der Waals surface area contributed by atoms with Crippen molar-refractivity contribution in [1.29, 1.82) is 0 Å². The van der Waals surface area contributed by atoms with Crippen LogP contribution in [0.15, 0.2) is 18.2 Å². The van der Waals surface area contributed by atoms with Gasteiger partial charge in [-0.25, -0.2) is 0 Å². The molecule has 1 atom stereocenters. The predicted octanol–water partition coefficient (Wildman–Crippen LogP) is 4.50. The Morgan fingerprint density at radius 2 is 2.10 bits per heavy atom. The van der Waals surface area contributed by atoms with E-state index in [0.29, 0.717) is 10.0 Å². The van der Waals surface area contributed by atoms with Crippen LogP contribution < -0.4 is 5.32 Å². The summed E-state index contributed by atoms with van der Waals surface area (Å²) in [5.74, 6) is 0. The topological polar surface area (TPSA) is 37.8 Å². The van der Waals surface area contributed by atoms with Crippen LogP contribution in [-0.2, 0) is 6.42 Å². The Balaban J connectivity index is 2.44. The summed E-state index contributed by atoms with van der Waals surface area (Å²) in [7, 11) is 0. The van der Waals surface area contributed by atoms with E-state index in [1.807, 2.05) is 12.1 Å². The largest absolute Gasteiger partial charge is 0.305 e. The first-order valence-corrected chi connectivity index (χ1v) is 8.20. The summed E-state index contributed by atoms with van der Waals surface area (Å²) in [5.41, 5.74) is 1.99. The third-order valence-corrected chi connectivity index (χ3v) is 4.74. The van der Waals surface area contributed by atoms with Crippen molar-refractivity contribution in [2.24, 2.45) is 0 Å². The second-order valence-corrected chi connectivity index (χ2v) is 6.04. The maximum absolute atomic E-state index is 6.37. The van der Waals surface area contributed by atoms with Crippen molar-refractivity contribution >= 4 is 34.7 Å². The van der Waals surface area contributed by atoms with Crippen LogP contribution in [0.4, 0.5) is 0 Å². The Bertz CT molecular complexity index is 571. The summed E-state index contributed by atoms with van der Waals surface area (Å²) in [6.07, 6.45) is 1.90. The van der Waals surface area contributed by atoms with Crippen molar-refractivity contribution in [3.8, 4) is 0 Å². The number of aryl methyl sites for hydroxylation is 1. The molecule has 1 aromatic heterocycles. The van der Waals surface area contributed by atoms with E-state index in [9.17, 15) is 0 Å². The zero-order valence-corrected chi connectivity index (χ0v) is 13.8. The van der Waals surface area contributed by atoms with Gasteiger partial charge >= 0.3 is 0 Å². The van der Waals surface area contributed by atoms with Gasteiger partial charge in [0.05, 0.1) is 26.7 Å². The molecule has 0 bridgehead atoms. The molecular weight excluding hydrogens is 313 g/mol. The van der Waals surface area contributed by atoms with Crippen molar-refractivity contribution in [2.75, 3.05) is 6.54 Å². The third-order valence-electron chi connectivity index (χ3n) is 3.07. The number of benzene rings is 1. The molecule has 1 heterocycles. The first kappa shape index (κ1) is 15.7. The summed E-state index contributed by atoms with van der Waals surface area (Å²) >= 11 is 13.9. The highest BCUT2D eigenvalue weighted by Crippen LogP contribution is 2.35. The van der Waals surface area contributed by atoms with Gasteiger partial charge < -0.3 is 5.32 Å². The minimum Gasteiger partial charge on any atom is -0.305 e. The normalized spacial score (nSPS) is 12.6. The summed E-state index contributed by atoms with van der Waals surface area (Å²) in [6.45, 7) is 5.11. The van der Waals surface area contributed by atoms with Crippen LogP contribution in [0.2, 0.25) is 10.0 Å². The van der Waals surface area contributed by atoms with Crippen LogP contribution in [0.25, 0.3) is 0 Å². The standard InChI is InChI=1S/C14H17Cl2N3S/c1-3-8-17-13(14-11(4-2)18-19-20-14)9-6-5-7-10(15)12(9)16/h5-7,13,17H,3-4,8H2,1-2H3. The fourth-order valence-corrected chi connectivity index (χ4v) is 3.31. The van der Waals surface area contributed by atoms with Crippen LogP contribution in [-0.4, -0.2) is 16.1 Å². The number of nitrogens with one attached hydrogen (secondary N) is 1. The van der Waals surface area contributed by atoms with Gasteiger partial charge in [-0.15, -0.1) is 5.10 Å². The zero-order valence-electron chi connectivity index (χ0n) is 11.5. The Hall–Kier alpha value is -0.680. The Morgan fingerprint density at radius 1 is 1.30 bits per heavy atom. The Kier molecular flexibility index (Phi) is 5.78. The summed E-state index contributed by atoms with van der Waals surface area (Å²) in [4.78, 5) is 1.12. The van der Waals surface area contributed by atoms with Gasteiger partial charge in [-0.05, 0) is 42.5 Å². The Morgan fingerprint density at radius 3 is 2.80 bits per heavy atom. The van der Waals surface area contributed by atoms with E-state index in [0.717, 1.165) is 35.5 Å². The fraction of sp³-hybridized carbons (Fsp3) is 0.429. The molecule has 1 N–H and O–H groups in total. The van der Waals surface area contributed by atoms with Gasteiger partial charge in [0, 0.05) is 0 Å². The fourth-order valence-electron chi connectivity index (χ4n) is 2.06. The molecule has 0 radical (unpaired) electrons. The van der Waals surface area contributed by atoms with E-state index in [1.54, 1.807) is 6.07 Å². The lowest BCUT2D eigenvalue weighted by atomic mass is 10.0. The number of halogens is 2. The van der Waals surface area contributed by atoms with Crippen LogP contribution in [0, 0.1) is 0 Å². The van der Waals surface area contributed by atoms with Crippen LogP contribution in [0.1, 0.15) is 42.4 Å². The number of nitrogens with zero attached hydrogens (tertiary/aromatic N) is 2. The minimum absolute atomic E-state index is 0.00361. The molecule has 1 unspecified atom stereocenters. The highest BCUT2D eigenvalue weighted by atomic mass is 35.5. The average molecular weight is 330 g/mol. The minimum atomic E-state index is -0.00361. The van der Waals surface area contributed by atoms with Gasteiger partial charge in [0.15, 0.2) is 0 Å². The number of aromatic nitrogens is 2. The van der Waals surface area contributed by atoms with Gasteiger partial charge in [-0.3, -0.25) is 0 Å². The molecule has 20 heavy (non-hydrogen) atoms. The summed E-state index contributed by atoms with van der Waals surface area (Å²) in [5, 5.41) is 8.88. The molecule has 0 aliphatic carbocycles. The molecule has 1 aromatic carbocycles. The lowest BCUT2D eigenvalue weighted by Crippen LogP contribution is -2.23. The molecule has 2 aromatic rings. The van der Waals surface area contributed by atoms with E-state index in [2.05, 4.69) is 28.8 Å². The summed E-state index contributed by atoms with van der Waals surface area (Å²) in [6, 6.07) is 5.72. The monoisotopic (exact) mass is 329 g/mol. The smallest absolute Gasteiger partial charge is 0.0804 e. The molecule has 0 spiro atoms. The lowest BCUT2D eigenvalue weighted by Gasteiger charge is -2.19. The quantitative estimate of drug-likeness (QED) is 0.848. The van der Waals surface area contributed by atoms with Gasteiger partial charge in [-0.2, -0.15) is 0 Å². The molecule has 3 nitrogen and oxygen atoms in total. The van der Waals surface area contributed by atoms with E-state index in [-0.39, 0.29) is 6.04 Å². The van der Waals surface area contributed by atoms with Crippen molar-refractivity contribution in [1.82, 2.24) is 14.9 Å². The average Bonchev–Trinajstić information content (AvgIpc) is 2.92. The summed E-state index contributed by atoms with van der Waals surface area (Å²) < 4.78 is 4.08. The van der Waals surface area contributed by atoms with Gasteiger partial charge in [-0.1, -0.05) is 53.7 Å². The van der Waals surface area contributed by atoms with Crippen molar-refractivity contribution in [3.63, 3.8) is 0 Å². The molecule has 2 rings (SSSR count). The molecule has 0 aliphatic rings. The first-order chi connectivity index (χ1) is 9.69. The molecule has 6 heteroatoms. The van der Waals surface area contributed by atoms with Crippen LogP contribution in [0.3, 0.4) is 0 Å². The lowest BCUT2D eigenvalue weighted by molar-refractivity contribution is 0.601. The molecular formula is C14H17Cl2N3S. The molecule has 0 fully saturated rings. The molecule has 0 saturated heterocycles. The molecule has 0 amide bonds. The SMILES string of the molecule is CCCNC(c1cccc(Cl)c1Cl)c1snnc1CC. The van der Waals surface area contributed by atoms with Crippen LogP contribution in [0.5, 0.6) is 0 Å². The van der Waals surface area contributed by atoms with E-state index in [1.165, 1.54) is 11.5 Å². The maximum atomic E-state index is 6.37. The van der Waals surface area contributed by atoms with E-state index in [4.69, 9.17) is 23.2 Å². The van der Waals surface area contributed by atoms with Crippen LogP contribution >= 0.6 is 34.7 Å². The van der Waals surface area contributed by atoms with Crippen molar-refractivity contribution in [2.45, 2.75) is 32.7 Å². The third kappa shape index (κ3) is 3.31. The highest BCUT2D eigenvalue weighted by molar-refractivity contribution is 7.05. The van der Waals surface area contributed by atoms with Crippen molar-refractivity contribution in [3.05, 3.63) is 44.4 Å². The predicted molar refractivity (Wildman–Crippen MR) is 85.9 cm³/mol. The van der Waals surface area contributed by atoms with Gasteiger partial charge in [0.2, 0.25) is 0 Å². The molecule has 0 aliphatic heterocycles. The zero-order chi connectivity index (χ0) is 14.5. The van der Waals surface area contributed by atoms with Gasteiger partial charge in [0.1, 0.15) is 0 Å². The van der Waals surface area contributed by atoms with E-state index < -0.39 is 0 Å². The Labute approximate surface area is 133 Å². The number of hydrogen-bond donors (Lipinski definition) is 1. The second-order valence-electron chi connectivity index (χ2n) is 4.47. The van der Waals surface area contributed by atoms with E-state index >= 15 is 0 Å². The highest BCUT2D eigenvalue weighted by Gasteiger charge is 2.22. The maximum Gasteiger partial charge on any atom is 0.0804 e. The number of hydrogen-bond acceptors (Lipinski definition) is 4. The molecule has 0 saturated carbocycles. The first-order valence-electron chi connectivity index (χ1n) is 6.67.